The molecule has 2 atom stereocenters. The standard InChI is InChI=1S/C16H17F3N2O2/c1-10(14-7-4-12(17)8-21-14)20-9-15(22)11-2-5-13(6-3-11)23-16(18)19/h2-8,10,15-16,20,22H,9H2,1H3. The highest BCUT2D eigenvalue weighted by atomic mass is 19.3. The third-order valence-corrected chi connectivity index (χ3v) is 3.30. The van der Waals surface area contributed by atoms with Crippen molar-refractivity contribution in [1.82, 2.24) is 10.3 Å². The summed E-state index contributed by atoms with van der Waals surface area (Å²) in [6.07, 6.45) is 0.310. The Labute approximate surface area is 131 Å². The lowest BCUT2D eigenvalue weighted by molar-refractivity contribution is -0.0498. The van der Waals surface area contributed by atoms with Gasteiger partial charge in [0.1, 0.15) is 11.6 Å². The molecule has 124 valence electrons. The fourth-order valence-corrected chi connectivity index (χ4v) is 2.03. The summed E-state index contributed by atoms with van der Waals surface area (Å²) in [6, 6.07) is 8.49. The van der Waals surface area contributed by atoms with E-state index in [1.54, 1.807) is 6.07 Å². The van der Waals surface area contributed by atoms with Crippen molar-refractivity contribution < 1.29 is 23.0 Å². The van der Waals surface area contributed by atoms with E-state index in [1.807, 2.05) is 6.92 Å². The smallest absolute Gasteiger partial charge is 0.387 e. The zero-order chi connectivity index (χ0) is 16.8. The second kappa shape index (κ2) is 7.94. The molecule has 0 fully saturated rings. The van der Waals surface area contributed by atoms with Crippen LogP contribution in [0.25, 0.3) is 0 Å². The van der Waals surface area contributed by atoms with Gasteiger partial charge in [-0.05, 0) is 36.8 Å². The number of hydrogen-bond donors (Lipinski definition) is 2. The predicted molar refractivity (Wildman–Crippen MR) is 78.6 cm³/mol. The highest BCUT2D eigenvalue weighted by molar-refractivity contribution is 5.28. The number of benzene rings is 1. The number of ether oxygens (including phenoxy) is 1. The molecule has 0 saturated carbocycles. The van der Waals surface area contributed by atoms with Gasteiger partial charge in [0.05, 0.1) is 18.0 Å². The number of rotatable bonds is 7. The molecule has 0 radical (unpaired) electrons. The second-order valence-electron chi connectivity index (χ2n) is 4.99. The summed E-state index contributed by atoms with van der Waals surface area (Å²) < 4.78 is 41.2. The van der Waals surface area contributed by atoms with Gasteiger partial charge in [0.2, 0.25) is 0 Å². The molecule has 0 aliphatic carbocycles. The van der Waals surface area contributed by atoms with E-state index in [0.29, 0.717) is 11.3 Å². The van der Waals surface area contributed by atoms with E-state index in [1.165, 1.54) is 30.3 Å². The Bertz CT molecular complexity index is 606. The zero-order valence-electron chi connectivity index (χ0n) is 12.4. The van der Waals surface area contributed by atoms with E-state index >= 15 is 0 Å². The van der Waals surface area contributed by atoms with Crippen LogP contribution in [0.15, 0.2) is 42.6 Å². The maximum absolute atomic E-state index is 12.8. The van der Waals surface area contributed by atoms with Crippen molar-refractivity contribution in [2.45, 2.75) is 25.7 Å². The van der Waals surface area contributed by atoms with Crippen LogP contribution >= 0.6 is 0 Å². The molecular formula is C16H17F3N2O2. The van der Waals surface area contributed by atoms with Crippen molar-refractivity contribution in [2.24, 2.45) is 0 Å². The molecule has 0 spiro atoms. The molecule has 0 aliphatic heterocycles. The minimum atomic E-state index is -2.88. The summed E-state index contributed by atoms with van der Waals surface area (Å²) in [5.74, 6) is -0.375. The molecule has 0 aliphatic rings. The predicted octanol–water partition coefficient (Wildman–Crippen LogP) is 3.21. The number of nitrogens with one attached hydrogen (secondary N) is 1. The number of pyridine rings is 1. The summed E-state index contributed by atoms with van der Waals surface area (Å²) in [5, 5.41) is 13.2. The third-order valence-electron chi connectivity index (χ3n) is 3.30. The van der Waals surface area contributed by atoms with Crippen molar-refractivity contribution in [3.8, 4) is 5.75 Å². The number of aromatic nitrogens is 1. The Morgan fingerprint density at radius 2 is 1.87 bits per heavy atom. The van der Waals surface area contributed by atoms with Crippen LogP contribution < -0.4 is 10.1 Å². The highest BCUT2D eigenvalue weighted by Crippen LogP contribution is 2.20. The second-order valence-corrected chi connectivity index (χ2v) is 4.99. The van der Waals surface area contributed by atoms with Crippen molar-refractivity contribution >= 4 is 0 Å². The lowest BCUT2D eigenvalue weighted by Gasteiger charge is -2.17. The fourth-order valence-electron chi connectivity index (χ4n) is 2.03. The molecule has 2 rings (SSSR count). The topological polar surface area (TPSA) is 54.4 Å². The molecule has 0 saturated heterocycles. The minimum absolute atomic E-state index is 0.0350. The van der Waals surface area contributed by atoms with Gasteiger partial charge in [-0.1, -0.05) is 12.1 Å². The molecule has 7 heteroatoms. The zero-order valence-corrected chi connectivity index (χ0v) is 12.4. The van der Waals surface area contributed by atoms with E-state index in [4.69, 9.17) is 0 Å². The van der Waals surface area contributed by atoms with Crippen LogP contribution in [0.2, 0.25) is 0 Å². The average molecular weight is 326 g/mol. The van der Waals surface area contributed by atoms with Gasteiger partial charge in [0.15, 0.2) is 0 Å². The van der Waals surface area contributed by atoms with E-state index in [2.05, 4.69) is 15.0 Å². The first-order chi connectivity index (χ1) is 11.0. The van der Waals surface area contributed by atoms with Gasteiger partial charge in [-0.2, -0.15) is 8.78 Å². The molecule has 2 unspecified atom stereocenters. The number of aliphatic hydroxyl groups is 1. The van der Waals surface area contributed by atoms with Crippen LogP contribution in [-0.2, 0) is 0 Å². The van der Waals surface area contributed by atoms with Gasteiger partial charge >= 0.3 is 6.61 Å². The SMILES string of the molecule is CC(NCC(O)c1ccc(OC(F)F)cc1)c1ccc(F)cn1. The Morgan fingerprint density at radius 3 is 2.43 bits per heavy atom. The summed E-state index contributed by atoms with van der Waals surface area (Å²) in [7, 11) is 0. The lowest BCUT2D eigenvalue weighted by atomic mass is 10.1. The first-order valence-corrected chi connectivity index (χ1v) is 7.03. The van der Waals surface area contributed by atoms with Crippen LogP contribution in [0.1, 0.15) is 30.3 Å². The number of hydrogen-bond acceptors (Lipinski definition) is 4. The molecular weight excluding hydrogens is 309 g/mol. The quantitative estimate of drug-likeness (QED) is 0.820. The van der Waals surface area contributed by atoms with E-state index < -0.39 is 18.5 Å². The minimum Gasteiger partial charge on any atom is -0.435 e. The van der Waals surface area contributed by atoms with Crippen molar-refractivity contribution in [1.29, 1.82) is 0 Å². The Balaban J connectivity index is 1.88. The maximum Gasteiger partial charge on any atom is 0.387 e. The molecule has 0 amide bonds. The Hall–Kier alpha value is -2.12. The van der Waals surface area contributed by atoms with Gasteiger partial charge in [-0.15, -0.1) is 0 Å². The number of halogens is 3. The monoisotopic (exact) mass is 326 g/mol. The van der Waals surface area contributed by atoms with Crippen LogP contribution in [0.5, 0.6) is 5.75 Å². The lowest BCUT2D eigenvalue weighted by Crippen LogP contribution is -2.25. The van der Waals surface area contributed by atoms with E-state index in [-0.39, 0.29) is 18.3 Å². The number of nitrogens with zero attached hydrogens (tertiary/aromatic N) is 1. The summed E-state index contributed by atoms with van der Waals surface area (Å²) in [5.41, 5.74) is 1.22. The van der Waals surface area contributed by atoms with E-state index in [9.17, 15) is 18.3 Å². The summed E-state index contributed by atoms with van der Waals surface area (Å²) in [6.45, 7) is -0.807. The molecule has 1 aromatic heterocycles. The van der Waals surface area contributed by atoms with Gasteiger partial charge in [-0.25, -0.2) is 4.39 Å². The molecule has 1 heterocycles. The normalized spacial score (nSPS) is 13.8. The molecule has 23 heavy (non-hydrogen) atoms. The summed E-state index contributed by atoms with van der Waals surface area (Å²) >= 11 is 0. The van der Waals surface area contributed by atoms with Gasteiger partial charge in [-0.3, -0.25) is 4.98 Å². The molecule has 2 aromatic rings. The highest BCUT2D eigenvalue weighted by Gasteiger charge is 2.12. The molecule has 4 nitrogen and oxygen atoms in total. The van der Waals surface area contributed by atoms with Crippen LogP contribution in [-0.4, -0.2) is 23.2 Å². The van der Waals surface area contributed by atoms with Crippen molar-refractivity contribution in [3.05, 3.63) is 59.7 Å². The van der Waals surface area contributed by atoms with Crippen molar-refractivity contribution in [3.63, 3.8) is 0 Å². The van der Waals surface area contributed by atoms with Crippen LogP contribution in [0.4, 0.5) is 13.2 Å². The van der Waals surface area contributed by atoms with Gasteiger partial charge in [0, 0.05) is 12.6 Å². The van der Waals surface area contributed by atoms with Crippen LogP contribution in [0.3, 0.4) is 0 Å². The molecule has 2 N–H and O–H groups in total. The Morgan fingerprint density at radius 1 is 1.17 bits per heavy atom. The Kier molecular flexibility index (Phi) is 5.95. The molecule has 0 bridgehead atoms. The van der Waals surface area contributed by atoms with Crippen LogP contribution in [0, 0.1) is 5.82 Å². The van der Waals surface area contributed by atoms with Gasteiger partial charge in [0.25, 0.3) is 0 Å². The fraction of sp³-hybridized carbons (Fsp3) is 0.312. The first-order valence-electron chi connectivity index (χ1n) is 7.03. The number of aliphatic hydroxyl groups excluding tert-OH is 1. The number of alkyl halides is 2. The van der Waals surface area contributed by atoms with E-state index in [0.717, 1.165) is 6.20 Å². The average Bonchev–Trinajstić information content (AvgIpc) is 2.53. The van der Waals surface area contributed by atoms with Crippen molar-refractivity contribution in [2.75, 3.05) is 6.54 Å². The summed E-state index contributed by atoms with van der Waals surface area (Å²) in [4.78, 5) is 3.96. The maximum atomic E-state index is 12.8. The largest absolute Gasteiger partial charge is 0.435 e. The molecule has 1 aromatic carbocycles. The third kappa shape index (κ3) is 5.22. The first kappa shape index (κ1) is 17.2. The van der Waals surface area contributed by atoms with Gasteiger partial charge < -0.3 is 15.2 Å².